The lowest BCUT2D eigenvalue weighted by atomic mass is 9.84. The van der Waals surface area contributed by atoms with E-state index in [4.69, 9.17) is 4.74 Å². The average Bonchev–Trinajstić information content (AvgIpc) is 2.53. The van der Waals surface area contributed by atoms with Crippen molar-refractivity contribution in [3.63, 3.8) is 0 Å². The lowest BCUT2D eigenvalue weighted by Gasteiger charge is -2.29. The van der Waals surface area contributed by atoms with Crippen molar-refractivity contribution >= 4 is 11.6 Å². The van der Waals surface area contributed by atoms with Crippen LogP contribution in [-0.4, -0.2) is 25.6 Å². The minimum absolute atomic E-state index is 0.0568. The van der Waals surface area contributed by atoms with E-state index in [0.717, 1.165) is 17.4 Å². The van der Waals surface area contributed by atoms with E-state index in [1.165, 1.54) is 32.1 Å². The average molecular weight is 290 g/mol. The second-order valence-corrected chi connectivity index (χ2v) is 5.77. The Morgan fingerprint density at radius 2 is 2.24 bits per heavy atom. The molecule has 2 unspecified atom stereocenters. The smallest absolute Gasteiger partial charge is 0.257 e. The van der Waals surface area contributed by atoms with Crippen molar-refractivity contribution in [3.8, 4) is 5.75 Å². The van der Waals surface area contributed by atoms with Crippen molar-refractivity contribution in [1.29, 1.82) is 0 Å². The normalized spacial score (nSPS) is 21.6. The first-order chi connectivity index (χ1) is 10.2. The molecule has 4 heteroatoms. The molecule has 2 N–H and O–H groups in total. The standard InChI is InChI=1S/C17H26N2O2/c1-3-13-6-4-7-14(10-13)19-15-8-5-9-16(11-15)21-12-17(20)18-2/h5,8-9,11,13-14,19H,3-4,6-7,10,12H2,1-2H3,(H,18,20). The molecule has 0 saturated heterocycles. The van der Waals surface area contributed by atoms with Crippen LogP contribution in [0, 0.1) is 5.92 Å². The highest BCUT2D eigenvalue weighted by Gasteiger charge is 2.20. The van der Waals surface area contributed by atoms with Gasteiger partial charge in [-0.3, -0.25) is 4.79 Å². The van der Waals surface area contributed by atoms with E-state index >= 15 is 0 Å². The third-order valence-electron chi connectivity index (χ3n) is 4.21. The number of likely N-dealkylation sites (N-methyl/N-ethyl adjacent to an activating group) is 1. The molecule has 1 aliphatic carbocycles. The highest BCUT2D eigenvalue weighted by atomic mass is 16.5. The third-order valence-corrected chi connectivity index (χ3v) is 4.21. The van der Waals surface area contributed by atoms with E-state index in [1.54, 1.807) is 7.05 Å². The Morgan fingerprint density at radius 3 is 3.00 bits per heavy atom. The summed E-state index contributed by atoms with van der Waals surface area (Å²) in [7, 11) is 1.61. The summed E-state index contributed by atoms with van der Waals surface area (Å²) >= 11 is 0. The van der Waals surface area contributed by atoms with Crippen molar-refractivity contribution in [1.82, 2.24) is 5.32 Å². The number of rotatable bonds is 6. The van der Waals surface area contributed by atoms with E-state index < -0.39 is 0 Å². The SMILES string of the molecule is CCC1CCCC(Nc2cccc(OCC(=O)NC)c2)C1. The van der Waals surface area contributed by atoms with Crippen molar-refractivity contribution < 1.29 is 9.53 Å². The van der Waals surface area contributed by atoms with Gasteiger partial charge in [-0.2, -0.15) is 0 Å². The minimum Gasteiger partial charge on any atom is -0.484 e. The predicted octanol–water partition coefficient (Wildman–Crippen LogP) is 3.19. The topological polar surface area (TPSA) is 50.4 Å². The van der Waals surface area contributed by atoms with Crippen LogP contribution in [0.5, 0.6) is 5.75 Å². The van der Waals surface area contributed by atoms with Crippen molar-refractivity contribution in [3.05, 3.63) is 24.3 Å². The van der Waals surface area contributed by atoms with E-state index in [9.17, 15) is 4.79 Å². The van der Waals surface area contributed by atoms with E-state index in [1.807, 2.05) is 18.2 Å². The molecule has 21 heavy (non-hydrogen) atoms. The summed E-state index contributed by atoms with van der Waals surface area (Å²) in [6.07, 6.45) is 6.43. The second-order valence-electron chi connectivity index (χ2n) is 5.77. The van der Waals surface area contributed by atoms with Crippen LogP contribution < -0.4 is 15.4 Å². The molecule has 1 aromatic carbocycles. The summed E-state index contributed by atoms with van der Waals surface area (Å²) in [4.78, 5) is 11.2. The fraction of sp³-hybridized carbons (Fsp3) is 0.588. The van der Waals surface area contributed by atoms with Gasteiger partial charge >= 0.3 is 0 Å². The molecule has 1 amide bonds. The summed E-state index contributed by atoms with van der Waals surface area (Å²) in [5, 5.41) is 6.15. The Labute approximate surface area is 127 Å². The Morgan fingerprint density at radius 1 is 1.38 bits per heavy atom. The lowest BCUT2D eigenvalue weighted by molar-refractivity contribution is -0.122. The van der Waals surface area contributed by atoms with Gasteiger partial charge in [-0.05, 0) is 30.9 Å². The van der Waals surface area contributed by atoms with Gasteiger partial charge in [-0.25, -0.2) is 0 Å². The highest BCUT2D eigenvalue weighted by Crippen LogP contribution is 2.29. The van der Waals surface area contributed by atoms with Crippen molar-refractivity contribution in [2.75, 3.05) is 19.0 Å². The number of carbonyl (C=O) groups is 1. The molecule has 1 fully saturated rings. The summed E-state index contributed by atoms with van der Waals surface area (Å²) in [6, 6.07) is 8.42. The van der Waals surface area contributed by atoms with Gasteiger partial charge in [0.15, 0.2) is 6.61 Å². The first-order valence-corrected chi connectivity index (χ1v) is 7.91. The number of amides is 1. The van der Waals surface area contributed by atoms with Gasteiger partial charge in [-0.1, -0.05) is 32.3 Å². The zero-order chi connectivity index (χ0) is 15.1. The number of benzene rings is 1. The molecule has 0 aromatic heterocycles. The third kappa shape index (κ3) is 4.96. The lowest BCUT2D eigenvalue weighted by Crippen LogP contribution is -2.27. The molecule has 0 bridgehead atoms. The number of nitrogens with one attached hydrogen (secondary N) is 2. The van der Waals surface area contributed by atoms with Gasteiger partial charge < -0.3 is 15.4 Å². The predicted molar refractivity (Wildman–Crippen MR) is 85.7 cm³/mol. The van der Waals surface area contributed by atoms with Crippen LogP contribution in [-0.2, 0) is 4.79 Å². The molecule has 0 spiro atoms. The maximum atomic E-state index is 11.2. The number of carbonyl (C=O) groups excluding carboxylic acids is 1. The maximum Gasteiger partial charge on any atom is 0.257 e. The van der Waals surface area contributed by atoms with Crippen molar-refractivity contribution in [2.24, 2.45) is 5.92 Å². The number of hydrogen-bond acceptors (Lipinski definition) is 3. The van der Waals surface area contributed by atoms with Crippen LogP contribution >= 0.6 is 0 Å². The summed E-state index contributed by atoms with van der Waals surface area (Å²) in [6.45, 7) is 2.33. The van der Waals surface area contributed by atoms with E-state index in [2.05, 4.69) is 23.6 Å². The van der Waals surface area contributed by atoms with E-state index in [0.29, 0.717) is 6.04 Å². The first-order valence-electron chi connectivity index (χ1n) is 7.91. The zero-order valence-electron chi connectivity index (χ0n) is 13.0. The quantitative estimate of drug-likeness (QED) is 0.846. The molecule has 1 aliphatic rings. The Bertz CT molecular complexity index is 462. The fourth-order valence-corrected chi connectivity index (χ4v) is 2.93. The summed E-state index contributed by atoms with van der Waals surface area (Å²) in [5.41, 5.74) is 1.08. The van der Waals surface area contributed by atoms with Crippen molar-refractivity contribution in [2.45, 2.75) is 45.1 Å². The van der Waals surface area contributed by atoms with Crippen LogP contribution in [0.1, 0.15) is 39.0 Å². The molecule has 4 nitrogen and oxygen atoms in total. The maximum absolute atomic E-state index is 11.2. The Kier molecular flexibility index (Phi) is 5.90. The fourth-order valence-electron chi connectivity index (χ4n) is 2.93. The van der Waals surface area contributed by atoms with Gasteiger partial charge in [0.1, 0.15) is 5.75 Å². The largest absolute Gasteiger partial charge is 0.484 e. The van der Waals surface area contributed by atoms with Crippen LogP contribution in [0.25, 0.3) is 0 Å². The molecule has 0 radical (unpaired) electrons. The van der Waals surface area contributed by atoms with Crippen LogP contribution in [0.2, 0.25) is 0 Å². The molecule has 1 saturated carbocycles. The van der Waals surface area contributed by atoms with E-state index in [-0.39, 0.29) is 12.5 Å². The number of hydrogen-bond donors (Lipinski definition) is 2. The monoisotopic (exact) mass is 290 g/mol. The minimum atomic E-state index is -0.119. The molecule has 0 aliphatic heterocycles. The molecule has 1 aromatic rings. The second kappa shape index (κ2) is 7.91. The summed E-state index contributed by atoms with van der Waals surface area (Å²) < 4.78 is 5.48. The number of anilines is 1. The van der Waals surface area contributed by atoms with Crippen LogP contribution in [0.15, 0.2) is 24.3 Å². The van der Waals surface area contributed by atoms with Gasteiger partial charge in [-0.15, -0.1) is 0 Å². The van der Waals surface area contributed by atoms with Gasteiger partial charge in [0.05, 0.1) is 0 Å². The zero-order valence-corrected chi connectivity index (χ0v) is 13.0. The molecule has 116 valence electrons. The van der Waals surface area contributed by atoms with Gasteiger partial charge in [0.2, 0.25) is 0 Å². The Balaban J connectivity index is 1.89. The molecular weight excluding hydrogens is 264 g/mol. The molecule has 2 rings (SSSR count). The molecule has 0 heterocycles. The van der Waals surface area contributed by atoms with Gasteiger partial charge in [0.25, 0.3) is 5.91 Å². The number of ether oxygens (including phenoxy) is 1. The Hall–Kier alpha value is -1.71. The first kappa shape index (κ1) is 15.7. The van der Waals surface area contributed by atoms with Gasteiger partial charge in [0, 0.05) is 24.8 Å². The van der Waals surface area contributed by atoms with Crippen LogP contribution in [0.3, 0.4) is 0 Å². The van der Waals surface area contributed by atoms with Crippen LogP contribution in [0.4, 0.5) is 5.69 Å². The molecular formula is C17H26N2O2. The highest BCUT2D eigenvalue weighted by molar-refractivity contribution is 5.77. The molecule has 2 atom stereocenters. The summed E-state index contributed by atoms with van der Waals surface area (Å²) in [5.74, 6) is 1.46.